The molecule has 16 heavy (non-hydrogen) atoms. The molecule has 4 nitrogen and oxygen atoms in total. The molecule has 0 aromatic carbocycles. The van der Waals surface area contributed by atoms with Crippen LogP contribution in [0.1, 0.15) is 26.2 Å². The Labute approximate surface area is 97.1 Å². The van der Waals surface area contributed by atoms with Gasteiger partial charge in [0, 0.05) is 19.7 Å². The zero-order valence-electron chi connectivity index (χ0n) is 9.87. The largest absolute Gasteiger partial charge is 0.396 e. The first-order valence-electron chi connectivity index (χ1n) is 5.90. The number of nitrogens with one attached hydrogen (secondary N) is 2. The first-order chi connectivity index (χ1) is 7.86. The molecule has 0 amide bonds. The average molecular weight is 223 g/mol. The quantitative estimate of drug-likeness (QED) is 0.591. The van der Waals surface area contributed by atoms with Gasteiger partial charge in [-0.15, -0.1) is 0 Å². The molecule has 1 heterocycles. The fraction of sp³-hybridized carbons (Fsp3) is 0.583. The van der Waals surface area contributed by atoms with E-state index in [1.54, 1.807) is 0 Å². The molecule has 0 radical (unpaired) electrons. The number of hydrogen-bond acceptors (Lipinski definition) is 4. The Morgan fingerprint density at radius 1 is 1.12 bits per heavy atom. The summed E-state index contributed by atoms with van der Waals surface area (Å²) in [7, 11) is 0. The smallest absolute Gasteiger partial charge is 0.0547 e. The molecule has 1 aromatic heterocycles. The molecular formula is C12H21N3O. The Morgan fingerprint density at radius 3 is 2.56 bits per heavy atom. The van der Waals surface area contributed by atoms with E-state index in [0.717, 1.165) is 43.7 Å². The molecule has 90 valence electrons. The van der Waals surface area contributed by atoms with E-state index in [1.165, 1.54) is 0 Å². The minimum atomic E-state index is 0.289. The molecule has 0 saturated carbocycles. The highest BCUT2D eigenvalue weighted by molar-refractivity contribution is 5.53. The zero-order valence-corrected chi connectivity index (χ0v) is 9.87. The van der Waals surface area contributed by atoms with Crippen LogP contribution in [0.5, 0.6) is 0 Å². The SMILES string of the molecule is CCNc1cncc(NCCCCCO)c1. The van der Waals surface area contributed by atoms with Crippen LogP contribution in [-0.4, -0.2) is 29.8 Å². The Hall–Kier alpha value is -1.29. The Bertz CT molecular complexity index is 291. The molecule has 1 aromatic rings. The summed E-state index contributed by atoms with van der Waals surface area (Å²) in [6.07, 6.45) is 6.67. The third kappa shape index (κ3) is 4.98. The molecule has 0 unspecified atom stereocenters. The highest BCUT2D eigenvalue weighted by atomic mass is 16.2. The molecule has 3 N–H and O–H groups in total. The lowest BCUT2D eigenvalue weighted by Crippen LogP contribution is -2.03. The third-order valence-corrected chi connectivity index (χ3v) is 2.28. The zero-order chi connectivity index (χ0) is 11.6. The van der Waals surface area contributed by atoms with Gasteiger partial charge in [0.25, 0.3) is 0 Å². The second kappa shape index (κ2) is 7.93. The molecule has 0 saturated heterocycles. The minimum absolute atomic E-state index is 0.289. The van der Waals surface area contributed by atoms with Gasteiger partial charge in [0.05, 0.1) is 23.8 Å². The van der Waals surface area contributed by atoms with Crippen molar-refractivity contribution in [2.45, 2.75) is 26.2 Å². The molecule has 0 atom stereocenters. The molecule has 0 aliphatic carbocycles. The normalized spacial score (nSPS) is 10.1. The van der Waals surface area contributed by atoms with Crippen LogP contribution >= 0.6 is 0 Å². The lowest BCUT2D eigenvalue weighted by molar-refractivity contribution is 0.283. The lowest BCUT2D eigenvalue weighted by atomic mass is 10.2. The summed E-state index contributed by atoms with van der Waals surface area (Å²) in [6, 6.07) is 2.06. The highest BCUT2D eigenvalue weighted by Gasteiger charge is 1.95. The minimum Gasteiger partial charge on any atom is -0.396 e. The van der Waals surface area contributed by atoms with E-state index in [2.05, 4.69) is 28.6 Å². The van der Waals surface area contributed by atoms with Crippen molar-refractivity contribution in [1.82, 2.24) is 4.98 Å². The summed E-state index contributed by atoms with van der Waals surface area (Å²) in [5, 5.41) is 15.2. The monoisotopic (exact) mass is 223 g/mol. The van der Waals surface area contributed by atoms with E-state index < -0.39 is 0 Å². The number of aliphatic hydroxyl groups excluding tert-OH is 1. The second-order valence-corrected chi connectivity index (χ2v) is 3.70. The molecule has 0 aliphatic rings. The van der Waals surface area contributed by atoms with Crippen molar-refractivity contribution in [2.75, 3.05) is 30.3 Å². The van der Waals surface area contributed by atoms with E-state index in [4.69, 9.17) is 5.11 Å². The van der Waals surface area contributed by atoms with E-state index in [1.807, 2.05) is 12.4 Å². The van der Waals surface area contributed by atoms with E-state index >= 15 is 0 Å². The van der Waals surface area contributed by atoms with Gasteiger partial charge in [-0.25, -0.2) is 0 Å². The van der Waals surface area contributed by atoms with Gasteiger partial charge in [0.15, 0.2) is 0 Å². The van der Waals surface area contributed by atoms with Crippen LogP contribution in [0.4, 0.5) is 11.4 Å². The second-order valence-electron chi connectivity index (χ2n) is 3.70. The first kappa shape index (κ1) is 12.8. The van der Waals surface area contributed by atoms with Crippen molar-refractivity contribution < 1.29 is 5.11 Å². The predicted molar refractivity (Wildman–Crippen MR) is 67.8 cm³/mol. The van der Waals surface area contributed by atoms with Crippen molar-refractivity contribution in [3.05, 3.63) is 18.5 Å². The maximum Gasteiger partial charge on any atom is 0.0547 e. The summed E-state index contributed by atoms with van der Waals surface area (Å²) >= 11 is 0. The van der Waals surface area contributed by atoms with E-state index in [9.17, 15) is 0 Å². The summed E-state index contributed by atoms with van der Waals surface area (Å²) in [5.74, 6) is 0. The summed E-state index contributed by atoms with van der Waals surface area (Å²) in [6.45, 7) is 4.19. The highest BCUT2D eigenvalue weighted by Crippen LogP contribution is 2.12. The fourth-order valence-electron chi connectivity index (χ4n) is 1.48. The van der Waals surface area contributed by atoms with Crippen molar-refractivity contribution >= 4 is 11.4 Å². The van der Waals surface area contributed by atoms with Gasteiger partial charge in [-0.3, -0.25) is 4.98 Å². The maximum absolute atomic E-state index is 8.64. The van der Waals surface area contributed by atoms with Gasteiger partial charge >= 0.3 is 0 Å². The molecule has 0 bridgehead atoms. The Morgan fingerprint density at radius 2 is 1.88 bits per heavy atom. The molecule has 0 aliphatic heterocycles. The summed E-state index contributed by atoms with van der Waals surface area (Å²) in [4.78, 5) is 4.15. The number of hydrogen-bond donors (Lipinski definition) is 3. The summed E-state index contributed by atoms with van der Waals surface area (Å²) < 4.78 is 0. The van der Waals surface area contributed by atoms with Crippen LogP contribution in [0.25, 0.3) is 0 Å². The predicted octanol–water partition coefficient (Wildman–Crippen LogP) is 2.09. The Balaban J connectivity index is 2.27. The molecular weight excluding hydrogens is 202 g/mol. The lowest BCUT2D eigenvalue weighted by Gasteiger charge is -2.08. The van der Waals surface area contributed by atoms with Crippen LogP contribution in [-0.2, 0) is 0 Å². The van der Waals surface area contributed by atoms with E-state index in [0.29, 0.717) is 0 Å². The fourth-order valence-corrected chi connectivity index (χ4v) is 1.48. The molecule has 0 spiro atoms. The van der Waals surface area contributed by atoms with Crippen molar-refractivity contribution in [1.29, 1.82) is 0 Å². The average Bonchev–Trinajstić information content (AvgIpc) is 2.30. The number of pyridine rings is 1. The van der Waals surface area contributed by atoms with Crippen LogP contribution in [0.3, 0.4) is 0 Å². The number of aliphatic hydroxyl groups is 1. The van der Waals surface area contributed by atoms with Crippen LogP contribution in [0.15, 0.2) is 18.5 Å². The topological polar surface area (TPSA) is 57.2 Å². The standard InChI is InChI=1S/C12H21N3O/c1-2-14-11-8-12(10-13-9-11)15-6-4-3-5-7-16/h8-10,14-16H,2-7H2,1H3. The maximum atomic E-state index is 8.64. The van der Waals surface area contributed by atoms with Crippen LogP contribution < -0.4 is 10.6 Å². The van der Waals surface area contributed by atoms with Gasteiger partial charge in [0.1, 0.15) is 0 Å². The molecule has 4 heteroatoms. The van der Waals surface area contributed by atoms with Crippen molar-refractivity contribution in [3.8, 4) is 0 Å². The van der Waals surface area contributed by atoms with Gasteiger partial charge in [-0.05, 0) is 32.3 Å². The van der Waals surface area contributed by atoms with Gasteiger partial charge < -0.3 is 15.7 Å². The van der Waals surface area contributed by atoms with E-state index in [-0.39, 0.29) is 6.61 Å². The van der Waals surface area contributed by atoms with Gasteiger partial charge in [0.2, 0.25) is 0 Å². The first-order valence-corrected chi connectivity index (χ1v) is 5.90. The number of aromatic nitrogens is 1. The summed E-state index contributed by atoms with van der Waals surface area (Å²) in [5.41, 5.74) is 2.09. The number of nitrogens with zero attached hydrogens (tertiary/aromatic N) is 1. The van der Waals surface area contributed by atoms with Crippen LogP contribution in [0, 0.1) is 0 Å². The number of rotatable bonds is 8. The number of anilines is 2. The van der Waals surface area contributed by atoms with Crippen molar-refractivity contribution in [2.24, 2.45) is 0 Å². The number of unbranched alkanes of at least 4 members (excludes halogenated alkanes) is 2. The van der Waals surface area contributed by atoms with Crippen molar-refractivity contribution in [3.63, 3.8) is 0 Å². The van der Waals surface area contributed by atoms with Gasteiger partial charge in [-0.1, -0.05) is 0 Å². The Kier molecular flexibility index (Phi) is 6.33. The third-order valence-electron chi connectivity index (χ3n) is 2.28. The van der Waals surface area contributed by atoms with Gasteiger partial charge in [-0.2, -0.15) is 0 Å². The molecule has 0 fully saturated rings. The molecule has 1 rings (SSSR count). The van der Waals surface area contributed by atoms with Crippen LogP contribution in [0.2, 0.25) is 0 Å².